The number of sulfone groups is 1. The van der Waals surface area contributed by atoms with Crippen molar-refractivity contribution < 1.29 is 22.4 Å². The van der Waals surface area contributed by atoms with Gasteiger partial charge in [0.2, 0.25) is 0 Å². The lowest BCUT2D eigenvalue weighted by Gasteiger charge is -2.26. The molecule has 1 unspecified atom stereocenters. The first kappa shape index (κ1) is 20.3. The Bertz CT molecular complexity index is 894. The highest BCUT2D eigenvalue weighted by Gasteiger charge is 2.26. The van der Waals surface area contributed by atoms with Gasteiger partial charge in [0.1, 0.15) is 17.3 Å². The quantitative estimate of drug-likeness (QED) is 0.749. The minimum absolute atomic E-state index is 0.00948. The van der Waals surface area contributed by atoms with Gasteiger partial charge < -0.3 is 19.4 Å². The zero-order valence-corrected chi connectivity index (χ0v) is 16.9. The van der Waals surface area contributed by atoms with Gasteiger partial charge in [0, 0.05) is 33.0 Å². The number of hydrogen-bond donors (Lipinski definition) is 1. The van der Waals surface area contributed by atoms with Crippen LogP contribution in [0.15, 0.2) is 34.9 Å². The number of ether oxygens (including phenoxy) is 1. The Labute approximate surface area is 164 Å². The van der Waals surface area contributed by atoms with Gasteiger partial charge >= 0.3 is 0 Å². The van der Waals surface area contributed by atoms with Crippen LogP contribution < -0.4 is 5.32 Å². The van der Waals surface area contributed by atoms with Crippen LogP contribution in [0.25, 0.3) is 0 Å². The molecule has 0 aliphatic carbocycles. The summed E-state index contributed by atoms with van der Waals surface area (Å²) in [5, 5.41) is 3.31. The molecular formula is C19H25N3O5S. The predicted molar refractivity (Wildman–Crippen MR) is 105 cm³/mol. The summed E-state index contributed by atoms with van der Waals surface area (Å²) in [4.78, 5) is 18.4. The number of pyridine rings is 1. The molecule has 2 aromatic rings. The lowest BCUT2D eigenvalue weighted by molar-refractivity contribution is 0.0770. The fraction of sp³-hybridized carbons (Fsp3) is 0.474. The van der Waals surface area contributed by atoms with E-state index in [4.69, 9.17) is 9.15 Å². The summed E-state index contributed by atoms with van der Waals surface area (Å²) in [6.45, 7) is 2.89. The summed E-state index contributed by atoms with van der Waals surface area (Å²) in [6, 6.07) is 7.16. The van der Waals surface area contributed by atoms with Crippen molar-refractivity contribution in [2.45, 2.75) is 19.4 Å². The highest BCUT2D eigenvalue weighted by atomic mass is 32.2. The highest BCUT2D eigenvalue weighted by Crippen LogP contribution is 2.24. The van der Waals surface area contributed by atoms with Crippen LogP contribution in [-0.2, 0) is 14.6 Å². The Morgan fingerprint density at radius 3 is 2.61 bits per heavy atom. The largest absolute Gasteiger partial charge is 0.464 e. The number of nitrogens with one attached hydrogen (secondary N) is 1. The minimum atomic E-state index is -3.02. The topological polar surface area (TPSA) is 102 Å². The summed E-state index contributed by atoms with van der Waals surface area (Å²) in [5.41, 5.74) is 0.437. The molecule has 0 saturated carbocycles. The summed E-state index contributed by atoms with van der Waals surface area (Å²) in [6.07, 6.45) is 2.21. The predicted octanol–water partition coefficient (Wildman–Crippen LogP) is 2.04. The Kier molecular flexibility index (Phi) is 6.35. The zero-order chi connectivity index (χ0) is 20.1. The summed E-state index contributed by atoms with van der Waals surface area (Å²) in [7, 11) is -1.37. The lowest BCUT2D eigenvalue weighted by atomic mass is 10.1. The molecule has 1 aliphatic heterocycles. The van der Waals surface area contributed by atoms with Gasteiger partial charge in [0.25, 0.3) is 5.91 Å². The molecule has 1 N–H and O–H groups in total. The Hall–Kier alpha value is -2.39. The van der Waals surface area contributed by atoms with Crippen LogP contribution in [-0.4, -0.2) is 62.5 Å². The average molecular weight is 407 g/mol. The molecule has 1 amide bonds. The van der Waals surface area contributed by atoms with Crippen LogP contribution in [0.3, 0.4) is 0 Å². The number of carbonyl (C=O) groups is 1. The monoisotopic (exact) mass is 407 g/mol. The number of nitrogens with zero attached hydrogens (tertiary/aromatic N) is 2. The number of rotatable bonds is 7. The molecule has 152 valence electrons. The smallest absolute Gasteiger partial charge is 0.255 e. The molecule has 0 spiro atoms. The van der Waals surface area contributed by atoms with E-state index in [1.54, 1.807) is 24.1 Å². The van der Waals surface area contributed by atoms with Crippen LogP contribution >= 0.6 is 0 Å². The molecular weight excluding hydrogens is 382 g/mol. The van der Waals surface area contributed by atoms with E-state index in [2.05, 4.69) is 10.3 Å². The van der Waals surface area contributed by atoms with Crippen LogP contribution in [0.5, 0.6) is 0 Å². The molecule has 1 fully saturated rings. The van der Waals surface area contributed by atoms with Crippen molar-refractivity contribution in [1.82, 2.24) is 9.88 Å². The van der Waals surface area contributed by atoms with Gasteiger partial charge in [-0.15, -0.1) is 0 Å². The molecule has 0 radical (unpaired) electrons. The van der Waals surface area contributed by atoms with Crippen molar-refractivity contribution in [3.05, 3.63) is 47.5 Å². The van der Waals surface area contributed by atoms with Gasteiger partial charge in [-0.05, 0) is 37.6 Å². The maximum atomic E-state index is 12.5. The van der Waals surface area contributed by atoms with E-state index in [1.807, 2.05) is 19.1 Å². The number of aromatic nitrogens is 1. The molecule has 3 heterocycles. The number of furan rings is 1. The van der Waals surface area contributed by atoms with Crippen molar-refractivity contribution >= 4 is 21.6 Å². The van der Waals surface area contributed by atoms with Gasteiger partial charge in [-0.3, -0.25) is 4.79 Å². The molecule has 28 heavy (non-hydrogen) atoms. The van der Waals surface area contributed by atoms with Crippen molar-refractivity contribution in [2.75, 3.05) is 43.6 Å². The third kappa shape index (κ3) is 5.11. The number of amides is 1. The number of methoxy groups -OCH3 is 1. The maximum absolute atomic E-state index is 12.5. The molecule has 0 bridgehead atoms. The van der Waals surface area contributed by atoms with E-state index in [-0.39, 0.29) is 36.5 Å². The van der Waals surface area contributed by atoms with E-state index in [0.29, 0.717) is 24.4 Å². The molecule has 1 atom stereocenters. The zero-order valence-electron chi connectivity index (χ0n) is 16.1. The summed E-state index contributed by atoms with van der Waals surface area (Å²) in [5.74, 6) is 2.06. The van der Waals surface area contributed by atoms with Gasteiger partial charge in [0.15, 0.2) is 9.84 Å². The van der Waals surface area contributed by atoms with Gasteiger partial charge in [-0.1, -0.05) is 0 Å². The van der Waals surface area contributed by atoms with Crippen molar-refractivity contribution in [2.24, 2.45) is 0 Å². The maximum Gasteiger partial charge on any atom is 0.255 e. The fourth-order valence-corrected chi connectivity index (χ4v) is 4.25. The first-order chi connectivity index (χ1) is 13.4. The SMILES string of the molecule is COCCC(Nc1ccc(C(=O)N2CCS(=O)(=O)CC2)cn1)c1ccc(C)o1. The first-order valence-corrected chi connectivity index (χ1v) is 11.0. The van der Waals surface area contributed by atoms with Gasteiger partial charge in [0.05, 0.1) is 23.1 Å². The van der Waals surface area contributed by atoms with E-state index < -0.39 is 9.84 Å². The Morgan fingerprint density at radius 2 is 2.04 bits per heavy atom. The standard InChI is InChI=1S/C19H25N3O5S/c1-14-3-5-17(27-14)16(7-10-26-2)21-18-6-4-15(13-20-18)19(23)22-8-11-28(24,25)12-9-22/h3-6,13,16H,7-12H2,1-2H3,(H,20,21). The lowest BCUT2D eigenvalue weighted by Crippen LogP contribution is -2.43. The van der Waals surface area contributed by atoms with E-state index in [1.165, 1.54) is 6.20 Å². The normalized spacial score (nSPS) is 17.3. The highest BCUT2D eigenvalue weighted by molar-refractivity contribution is 7.91. The van der Waals surface area contributed by atoms with Gasteiger partial charge in [-0.2, -0.15) is 0 Å². The third-order valence-corrected chi connectivity index (χ3v) is 6.29. The fourth-order valence-electron chi connectivity index (χ4n) is 3.04. The molecule has 2 aromatic heterocycles. The number of hydrogen-bond acceptors (Lipinski definition) is 7. The van der Waals surface area contributed by atoms with E-state index in [0.717, 1.165) is 11.5 Å². The minimum Gasteiger partial charge on any atom is -0.464 e. The average Bonchev–Trinajstić information content (AvgIpc) is 3.11. The van der Waals surface area contributed by atoms with Gasteiger partial charge in [-0.25, -0.2) is 13.4 Å². The van der Waals surface area contributed by atoms with Crippen LogP contribution in [0.1, 0.15) is 34.3 Å². The molecule has 9 heteroatoms. The second-order valence-corrected chi connectivity index (χ2v) is 9.11. The third-order valence-electron chi connectivity index (χ3n) is 4.68. The molecule has 8 nitrogen and oxygen atoms in total. The Balaban J connectivity index is 1.66. The van der Waals surface area contributed by atoms with Crippen molar-refractivity contribution in [3.8, 4) is 0 Å². The van der Waals surface area contributed by atoms with Crippen LogP contribution in [0.4, 0.5) is 5.82 Å². The van der Waals surface area contributed by atoms with E-state index in [9.17, 15) is 13.2 Å². The molecule has 0 aromatic carbocycles. The molecule has 1 aliphatic rings. The van der Waals surface area contributed by atoms with Crippen LogP contribution in [0, 0.1) is 6.92 Å². The molecule has 3 rings (SSSR count). The molecule has 1 saturated heterocycles. The number of aryl methyl sites for hydroxylation is 1. The van der Waals surface area contributed by atoms with E-state index >= 15 is 0 Å². The van der Waals surface area contributed by atoms with Crippen molar-refractivity contribution in [3.63, 3.8) is 0 Å². The number of anilines is 1. The summed E-state index contributed by atoms with van der Waals surface area (Å²) < 4.78 is 33.9. The second kappa shape index (κ2) is 8.74. The summed E-state index contributed by atoms with van der Waals surface area (Å²) >= 11 is 0. The van der Waals surface area contributed by atoms with Crippen molar-refractivity contribution in [1.29, 1.82) is 0 Å². The number of carbonyl (C=O) groups excluding carboxylic acids is 1. The first-order valence-electron chi connectivity index (χ1n) is 9.15. The second-order valence-electron chi connectivity index (χ2n) is 6.80. The Morgan fingerprint density at radius 1 is 1.29 bits per heavy atom. The van der Waals surface area contributed by atoms with Crippen LogP contribution in [0.2, 0.25) is 0 Å².